The summed E-state index contributed by atoms with van der Waals surface area (Å²) in [7, 11) is 0. The molecule has 2 aromatic rings. The van der Waals surface area contributed by atoms with Gasteiger partial charge in [-0.05, 0) is 18.9 Å². The van der Waals surface area contributed by atoms with Crippen LogP contribution in [0.15, 0.2) is 29.1 Å². The van der Waals surface area contributed by atoms with Crippen molar-refractivity contribution in [1.82, 2.24) is 4.73 Å². The summed E-state index contributed by atoms with van der Waals surface area (Å²) in [4.78, 5) is 11.8. The summed E-state index contributed by atoms with van der Waals surface area (Å²) in [6, 6.07) is 7.08. The van der Waals surface area contributed by atoms with Gasteiger partial charge in [-0.15, -0.1) is 4.73 Å². The number of aryl methyl sites for hydroxylation is 1. The van der Waals surface area contributed by atoms with Crippen LogP contribution in [-0.4, -0.2) is 15.0 Å². The maximum Gasteiger partial charge on any atom is 0.325 e. The summed E-state index contributed by atoms with van der Waals surface area (Å²) in [5.74, 6) is -0.335. The normalized spacial score (nSPS) is 11.0. The van der Waals surface area contributed by atoms with Gasteiger partial charge in [-0.2, -0.15) is 0 Å². The van der Waals surface area contributed by atoms with E-state index in [2.05, 4.69) is 6.92 Å². The van der Waals surface area contributed by atoms with E-state index in [1.54, 1.807) is 12.1 Å². The maximum atomic E-state index is 11.8. The smallest absolute Gasteiger partial charge is 0.325 e. The summed E-state index contributed by atoms with van der Waals surface area (Å²) in [6.07, 6.45) is 4.95. The number of pyridine rings is 1. The lowest BCUT2D eigenvalue weighted by Gasteiger charge is -2.11. The Hall–Kier alpha value is -1.97. The molecule has 4 heteroatoms. The zero-order valence-corrected chi connectivity index (χ0v) is 11.1. The van der Waals surface area contributed by atoms with Crippen molar-refractivity contribution in [1.29, 1.82) is 0 Å². The Bertz CT molecular complexity index is 631. The van der Waals surface area contributed by atoms with Gasteiger partial charge in [0.05, 0.1) is 5.52 Å². The number of rotatable bonds is 5. The first-order valence-corrected chi connectivity index (χ1v) is 6.71. The highest BCUT2D eigenvalue weighted by Gasteiger charge is 2.14. The molecule has 0 aliphatic carbocycles. The maximum absolute atomic E-state index is 11.8. The molecular weight excluding hydrogens is 242 g/mol. The van der Waals surface area contributed by atoms with Crippen molar-refractivity contribution in [3.05, 3.63) is 40.2 Å². The number of nitrogens with zero attached hydrogens (tertiary/aromatic N) is 1. The summed E-state index contributed by atoms with van der Waals surface area (Å²) < 4.78 is 0.514. The molecule has 0 amide bonds. The Morgan fingerprint density at radius 3 is 2.63 bits per heavy atom. The molecule has 0 fully saturated rings. The molecule has 0 saturated carbocycles. The van der Waals surface area contributed by atoms with E-state index in [0.717, 1.165) is 31.1 Å². The monoisotopic (exact) mass is 261 g/mol. The van der Waals surface area contributed by atoms with Gasteiger partial charge in [0.15, 0.2) is 5.75 Å². The lowest BCUT2D eigenvalue weighted by atomic mass is 10.0. The second-order valence-corrected chi connectivity index (χ2v) is 4.77. The molecule has 0 bridgehead atoms. The van der Waals surface area contributed by atoms with Crippen LogP contribution in [-0.2, 0) is 6.42 Å². The molecule has 0 radical (unpaired) electrons. The quantitative estimate of drug-likeness (QED) is 0.642. The number of fused-ring (bicyclic) bond motifs is 1. The van der Waals surface area contributed by atoms with Crippen LogP contribution in [0.25, 0.3) is 10.9 Å². The highest BCUT2D eigenvalue weighted by molar-refractivity contribution is 5.84. The number of unbranched alkanes of at least 4 members (excludes halogenated alkanes) is 3. The minimum absolute atomic E-state index is 0.335. The van der Waals surface area contributed by atoms with E-state index in [4.69, 9.17) is 0 Å². The SMILES string of the molecule is CCCCCCc1c(O)c(=O)n(O)c2ccccc12. The first kappa shape index (κ1) is 13.5. The Morgan fingerprint density at radius 1 is 1.16 bits per heavy atom. The van der Waals surface area contributed by atoms with Gasteiger partial charge < -0.3 is 10.3 Å². The van der Waals surface area contributed by atoms with Gasteiger partial charge >= 0.3 is 5.56 Å². The molecule has 0 atom stereocenters. The van der Waals surface area contributed by atoms with E-state index >= 15 is 0 Å². The predicted octanol–water partition coefficient (Wildman–Crippen LogP) is 3.07. The number of hydrogen-bond acceptors (Lipinski definition) is 3. The standard InChI is InChI=1S/C15H19NO3/c1-2-3-4-5-9-12-11-8-6-7-10-13(11)16(19)15(18)14(12)17/h6-8,10,17,19H,2-5,9H2,1H3. The van der Waals surface area contributed by atoms with Crippen molar-refractivity contribution in [2.45, 2.75) is 39.0 Å². The lowest BCUT2D eigenvalue weighted by molar-refractivity contribution is 0.184. The molecule has 0 spiro atoms. The molecule has 1 aromatic carbocycles. The van der Waals surface area contributed by atoms with E-state index in [-0.39, 0.29) is 5.75 Å². The van der Waals surface area contributed by atoms with Crippen LogP contribution in [0.2, 0.25) is 0 Å². The zero-order chi connectivity index (χ0) is 13.8. The number of para-hydroxylation sites is 1. The Morgan fingerprint density at radius 2 is 1.89 bits per heavy atom. The van der Waals surface area contributed by atoms with E-state index < -0.39 is 5.56 Å². The first-order chi connectivity index (χ1) is 9.16. The minimum atomic E-state index is -0.746. The molecule has 1 heterocycles. The van der Waals surface area contributed by atoms with Gasteiger partial charge in [0.25, 0.3) is 0 Å². The summed E-state index contributed by atoms with van der Waals surface area (Å²) in [5, 5.41) is 20.4. The van der Waals surface area contributed by atoms with Crippen molar-refractivity contribution in [2.75, 3.05) is 0 Å². The third kappa shape index (κ3) is 2.57. The molecule has 2 rings (SSSR count). The van der Waals surface area contributed by atoms with Crippen LogP contribution in [0.3, 0.4) is 0 Å². The van der Waals surface area contributed by atoms with Gasteiger partial charge in [-0.3, -0.25) is 4.79 Å². The first-order valence-electron chi connectivity index (χ1n) is 6.71. The average Bonchev–Trinajstić information content (AvgIpc) is 2.44. The van der Waals surface area contributed by atoms with Crippen molar-refractivity contribution in [2.24, 2.45) is 0 Å². The summed E-state index contributed by atoms with van der Waals surface area (Å²) in [5.41, 5.74) is 0.335. The van der Waals surface area contributed by atoms with E-state index in [1.807, 2.05) is 12.1 Å². The summed E-state index contributed by atoms with van der Waals surface area (Å²) in [6.45, 7) is 2.14. The van der Waals surface area contributed by atoms with Gasteiger partial charge in [0.1, 0.15) is 0 Å². The van der Waals surface area contributed by atoms with Crippen molar-refractivity contribution >= 4 is 10.9 Å². The number of aromatic nitrogens is 1. The minimum Gasteiger partial charge on any atom is -0.503 e. The number of hydrogen-bond donors (Lipinski definition) is 2. The Balaban J connectivity index is 2.44. The number of aromatic hydroxyl groups is 1. The van der Waals surface area contributed by atoms with Crippen LogP contribution in [0.1, 0.15) is 38.2 Å². The van der Waals surface area contributed by atoms with Crippen LogP contribution in [0, 0.1) is 0 Å². The fraction of sp³-hybridized carbons (Fsp3) is 0.400. The fourth-order valence-electron chi connectivity index (χ4n) is 2.36. The van der Waals surface area contributed by atoms with Crippen molar-refractivity contribution < 1.29 is 10.3 Å². The molecule has 0 aliphatic heterocycles. The van der Waals surface area contributed by atoms with Crippen LogP contribution >= 0.6 is 0 Å². The fourth-order valence-corrected chi connectivity index (χ4v) is 2.36. The highest BCUT2D eigenvalue weighted by atomic mass is 16.5. The molecule has 19 heavy (non-hydrogen) atoms. The molecule has 0 saturated heterocycles. The predicted molar refractivity (Wildman–Crippen MR) is 74.9 cm³/mol. The van der Waals surface area contributed by atoms with Gasteiger partial charge in [-0.1, -0.05) is 44.4 Å². The second kappa shape index (κ2) is 5.78. The van der Waals surface area contributed by atoms with Crippen LogP contribution in [0.4, 0.5) is 0 Å². The van der Waals surface area contributed by atoms with E-state index in [9.17, 15) is 15.1 Å². The number of benzene rings is 1. The molecule has 0 aliphatic rings. The second-order valence-electron chi connectivity index (χ2n) is 4.77. The average molecular weight is 261 g/mol. The molecule has 2 N–H and O–H groups in total. The summed E-state index contributed by atoms with van der Waals surface area (Å²) >= 11 is 0. The third-order valence-corrected chi connectivity index (χ3v) is 3.42. The molecule has 0 unspecified atom stereocenters. The molecule has 1 aromatic heterocycles. The largest absolute Gasteiger partial charge is 0.503 e. The molecule has 102 valence electrons. The van der Waals surface area contributed by atoms with Crippen LogP contribution in [0.5, 0.6) is 5.75 Å². The lowest BCUT2D eigenvalue weighted by Crippen LogP contribution is -2.19. The van der Waals surface area contributed by atoms with E-state index in [1.165, 1.54) is 0 Å². The van der Waals surface area contributed by atoms with Gasteiger partial charge in [0, 0.05) is 10.9 Å². The van der Waals surface area contributed by atoms with Crippen molar-refractivity contribution in [3.63, 3.8) is 0 Å². The third-order valence-electron chi connectivity index (χ3n) is 3.42. The van der Waals surface area contributed by atoms with Crippen LogP contribution < -0.4 is 5.56 Å². The van der Waals surface area contributed by atoms with Gasteiger partial charge in [-0.25, -0.2) is 0 Å². The molecule has 4 nitrogen and oxygen atoms in total. The van der Waals surface area contributed by atoms with Gasteiger partial charge in [0.2, 0.25) is 0 Å². The topological polar surface area (TPSA) is 62.5 Å². The Labute approximate surface area is 111 Å². The highest BCUT2D eigenvalue weighted by Crippen LogP contribution is 2.25. The Kier molecular flexibility index (Phi) is 4.10. The molecular formula is C15H19NO3. The van der Waals surface area contributed by atoms with Crippen molar-refractivity contribution in [3.8, 4) is 5.75 Å². The van der Waals surface area contributed by atoms with E-state index in [0.29, 0.717) is 22.2 Å². The zero-order valence-electron chi connectivity index (χ0n) is 11.1.